The smallest absolute Gasteiger partial charge is 0.0291 e. The maximum Gasteiger partial charge on any atom is -0.0291 e. The summed E-state index contributed by atoms with van der Waals surface area (Å²) < 4.78 is 0. The molecule has 0 aliphatic heterocycles. The molecule has 0 saturated carbocycles. The average Bonchev–Trinajstić information content (AvgIpc) is 2.35. The van der Waals surface area contributed by atoms with E-state index in [0.717, 1.165) is 0 Å². The molecular formula is C16H33P. The summed E-state index contributed by atoms with van der Waals surface area (Å²) in [5.41, 5.74) is 0. The van der Waals surface area contributed by atoms with E-state index in [1.165, 1.54) is 76.3 Å². The fourth-order valence-electron chi connectivity index (χ4n) is 2.13. The molecule has 17 heavy (non-hydrogen) atoms. The summed E-state index contributed by atoms with van der Waals surface area (Å²) in [7, 11) is 0.329. The molecule has 0 aromatic carbocycles. The lowest BCUT2D eigenvalue weighted by molar-refractivity contribution is 0.695. The molecule has 0 bridgehead atoms. The van der Waals surface area contributed by atoms with Crippen molar-refractivity contribution in [1.82, 2.24) is 0 Å². The van der Waals surface area contributed by atoms with Crippen LogP contribution in [0.5, 0.6) is 0 Å². The van der Waals surface area contributed by atoms with Gasteiger partial charge in [-0.1, -0.05) is 58.4 Å². The summed E-state index contributed by atoms with van der Waals surface area (Å²) in [6.07, 6.45) is 19.3. The maximum absolute atomic E-state index is 3.86. The zero-order valence-electron chi connectivity index (χ0n) is 12.2. The second kappa shape index (κ2) is 14.2. The van der Waals surface area contributed by atoms with Gasteiger partial charge in [-0.25, -0.2) is 0 Å². The Morgan fingerprint density at radius 3 is 1.71 bits per heavy atom. The van der Waals surface area contributed by atoms with Crippen molar-refractivity contribution in [1.29, 1.82) is 0 Å². The van der Waals surface area contributed by atoms with Crippen LogP contribution in [0.4, 0.5) is 0 Å². The highest BCUT2D eigenvalue weighted by atomic mass is 31.1. The zero-order chi connectivity index (χ0) is 12.8. The van der Waals surface area contributed by atoms with Crippen LogP contribution < -0.4 is 0 Å². The second-order valence-corrected chi connectivity index (χ2v) is 7.72. The first-order chi connectivity index (χ1) is 8.35. The monoisotopic (exact) mass is 256 g/mol. The van der Waals surface area contributed by atoms with Gasteiger partial charge < -0.3 is 0 Å². The van der Waals surface area contributed by atoms with E-state index in [9.17, 15) is 0 Å². The highest BCUT2D eigenvalue weighted by Crippen LogP contribution is 2.38. The molecule has 1 heteroatoms. The topological polar surface area (TPSA) is 0 Å². The first kappa shape index (κ1) is 17.2. The van der Waals surface area contributed by atoms with E-state index in [-0.39, 0.29) is 0 Å². The van der Waals surface area contributed by atoms with Gasteiger partial charge in [0.2, 0.25) is 0 Å². The van der Waals surface area contributed by atoms with Crippen molar-refractivity contribution in [3.63, 3.8) is 0 Å². The van der Waals surface area contributed by atoms with Crippen LogP contribution in [0.2, 0.25) is 0 Å². The van der Waals surface area contributed by atoms with E-state index in [2.05, 4.69) is 26.5 Å². The molecule has 0 aromatic rings. The van der Waals surface area contributed by atoms with Crippen molar-refractivity contribution in [2.24, 2.45) is 0 Å². The fourth-order valence-corrected chi connectivity index (χ4v) is 4.69. The molecule has 0 aliphatic rings. The van der Waals surface area contributed by atoms with Crippen molar-refractivity contribution in [2.45, 2.75) is 71.6 Å². The van der Waals surface area contributed by atoms with Crippen LogP contribution in [0.15, 0.2) is 12.7 Å². The van der Waals surface area contributed by atoms with Gasteiger partial charge in [0, 0.05) is 0 Å². The number of hydrogen-bond donors (Lipinski definition) is 0. The Morgan fingerprint density at radius 2 is 1.29 bits per heavy atom. The fraction of sp³-hybridized carbons (Fsp3) is 0.875. The van der Waals surface area contributed by atoms with Crippen molar-refractivity contribution in [3.05, 3.63) is 12.7 Å². The summed E-state index contributed by atoms with van der Waals surface area (Å²) in [4.78, 5) is 0. The number of allylic oxidation sites excluding steroid dienone is 1. The van der Waals surface area contributed by atoms with Crippen LogP contribution in [0.25, 0.3) is 0 Å². The van der Waals surface area contributed by atoms with Crippen LogP contribution in [0.1, 0.15) is 71.6 Å². The lowest BCUT2D eigenvalue weighted by atomic mass is 10.2. The van der Waals surface area contributed by atoms with E-state index in [1.807, 2.05) is 0 Å². The Balaban J connectivity index is 3.59. The summed E-state index contributed by atoms with van der Waals surface area (Å²) >= 11 is 0. The standard InChI is InChI=1S/C16H33P/c1-4-7-10-12-15-17(14-9-6-3)16-13-11-8-5-2/h6H,3-5,7-16H2,1-2H3. The largest absolute Gasteiger partial charge is 0.106 e. The highest BCUT2D eigenvalue weighted by Gasteiger charge is 2.06. The average molecular weight is 256 g/mol. The Bertz CT molecular complexity index is 142. The number of unbranched alkanes of at least 4 members (excludes halogenated alkanes) is 6. The van der Waals surface area contributed by atoms with Gasteiger partial charge in [-0.3, -0.25) is 0 Å². The molecule has 0 nitrogen and oxygen atoms in total. The van der Waals surface area contributed by atoms with Crippen molar-refractivity contribution >= 4 is 7.92 Å². The third-order valence-corrected chi connectivity index (χ3v) is 6.09. The minimum Gasteiger partial charge on any atom is -0.106 e. The van der Waals surface area contributed by atoms with Crippen LogP contribution in [0, 0.1) is 0 Å². The van der Waals surface area contributed by atoms with E-state index in [1.54, 1.807) is 0 Å². The third kappa shape index (κ3) is 12.4. The van der Waals surface area contributed by atoms with Crippen LogP contribution in [0.3, 0.4) is 0 Å². The lowest BCUT2D eigenvalue weighted by Gasteiger charge is -2.17. The van der Waals surface area contributed by atoms with E-state index in [4.69, 9.17) is 0 Å². The van der Waals surface area contributed by atoms with Crippen LogP contribution >= 0.6 is 7.92 Å². The molecule has 0 aromatic heterocycles. The molecule has 0 aliphatic carbocycles. The van der Waals surface area contributed by atoms with Gasteiger partial charge in [0.05, 0.1) is 0 Å². The minimum atomic E-state index is 0.329. The first-order valence-corrected chi connectivity index (χ1v) is 9.58. The van der Waals surface area contributed by atoms with Crippen molar-refractivity contribution < 1.29 is 0 Å². The Morgan fingerprint density at radius 1 is 0.765 bits per heavy atom. The summed E-state index contributed by atoms with van der Waals surface area (Å²) in [5, 5.41) is 0. The molecule has 102 valence electrons. The molecule has 0 atom stereocenters. The molecule has 0 spiro atoms. The van der Waals surface area contributed by atoms with Crippen LogP contribution in [-0.2, 0) is 0 Å². The summed E-state index contributed by atoms with van der Waals surface area (Å²) in [5.74, 6) is 0. The number of hydrogen-bond acceptors (Lipinski definition) is 0. The molecule has 0 heterocycles. The molecular weight excluding hydrogens is 223 g/mol. The van der Waals surface area contributed by atoms with E-state index in [0.29, 0.717) is 7.92 Å². The van der Waals surface area contributed by atoms with Gasteiger partial charge in [-0.05, 0) is 37.7 Å². The Labute approximate surface area is 111 Å². The predicted octanol–water partition coefficient (Wildman–Crippen LogP) is 6.21. The third-order valence-electron chi connectivity index (χ3n) is 3.31. The Kier molecular flexibility index (Phi) is 14.4. The van der Waals surface area contributed by atoms with Gasteiger partial charge >= 0.3 is 0 Å². The minimum absolute atomic E-state index is 0.329. The van der Waals surface area contributed by atoms with Crippen molar-refractivity contribution in [2.75, 3.05) is 18.5 Å². The predicted molar refractivity (Wildman–Crippen MR) is 84.6 cm³/mol. The van der Waals surface area contributed by atoms with E-state index >= 15 is 0 Å². The molecule has 0 saturated heterocycles. The molecule has 0 N–H and O–H groups in total. The summed E-state index contributed by atoms with van der Waals surface area (Å²) in [6.45, 7) is 8.46. The molecule has 0 amide bonds. The Hall–Kier alpha value is 0.170. The molecule has 0 rings (SSSR count). The first-order valence-electron chi connectivity index (χ1n) is 7.68. The van der Waals surface area contributed by atoms with Gasteiger partial charge in [0.25, 0.3) is 0 Å². The molecule has 0 radical (unpaired) electrons. The SMILES string of the molecule is C=CCCP(CCCCCC)CCCCCC. The van der Waals surface area contributed by atoms with E-state index < -0.39 is 0 Å². The normalized spacial score (nSPS) is 11.0. The van der Waals surface area contributed by atoms with Gasteiger partial charge in [-0.15, -0.1) is 14.5 Å². The highest BCUT2D eigenvalue weighted by molar-refractivity contribution is 7.57. The second-order valence-electron chi connectivity index (χ2n) is 5.04. The van der Waals surface area contributed by atoms with Crippen LogP contribution in [-0.4, -0.2) is 18.5 Å². The molecule has 0 unspecified atom stereocenters. The number of rotatable bonds is 13. The lowest BCUT2D eigenvalue weighted by Crippen LogP contribution is -1.96. The van der Waals surface area contributed by atoms with Gasteiger partial charge in [0.15, 0.2) is 0 Å². The van der Waals surface area contributed by atoms with Gasteiger partial charge in [0.1, 0.15) is 0 Å². The van der Waals surface area contributed by atoms with Crippen molar-refractivity contribution in [3.8, 4) is 0 Å². The maximum atomic E-state index is 3.86. The quantitative estimate of drug-likeness (QED) is 0.209. The zero-order valence-corrected chi connectivity index (χ0v) is 13.1. The summed E-state index contributed by atoms with van der Waals surface area (Å²) in [6, 6.07) is 0. The van der Waals surface area contributed by atoms with Gasteiger partial charge in [-0.2, -0.15) is 0 Å². The molecule has 0 fully saturated rings.